The first kappa shape index (κ1) is 27.1. The summed E-state index contributed by atoms with van der Waals surface area (Å²) >= 11 is 0. The van der Waals surface area contributed by atoms with Gasteiger partial charge in [0.15, 0.2) is 0 Å². The fourth-order valence-electron chi connectivity index (χ4n) is 3.47. The summed E-state index contributed by atoms with van der Waals surface area (Å²) in [7, 11) is 1.36. The molecule has 0 radical (unpaired) electrons. The number of aliphatic hydroxyl groups excluding tert-OH is 2. The number of nitrogens with zero attached hydrogens (tertiary/aromatic N) is 3. The van der Waals surface area contributed by atoms with Crippen molar-refractivity contribution >= 4 is 15.9 Å². The van der Waals surface area contributed by atoms with E-state index in [9.17, 15) is 23.4 Å². The summed E-state index contributed by atoms with van der Waals surface area (Å²) in [6.45, 7) is 5.36. The molecule has 1 heterocycles. The molecule has 0 saturated carbocycles. The van der Waals surface area contributed by atoms with Gasteiger partial charge in [-0.3, -0.25) is 4.79 Å². The minimum atomic E-state index is -3.96. The maximum atomic E-state index is 13.4. The molecule has 1 amide bonds. The minimum absolute atomic E-state index is 0.0235. The zero-order chi connectivity index (χ0) is 24.9. The number of ether oxygens (including phenoxy) is 1. The molecule has 1 aromatic rings. The van der Waals surface area contributed by atoms with Crippen molar-refractivity contribution < 1.29 is 28.2 Å². The molecule has 33 heavy (non-hydrogen) atoms. The molecule has 0 spiro atoms. The summed E-state index contributed by atoms with van der Waals surface area (Å²) in [5.74, 6) is 5.23. The van der Waals surface area contributed by atoms with Crippen molar-refractivity contribution in [2.45, 2.75) is 43.9 Å². The number of carbonyl (C=O) groups excluding carboxylic acids is 1. The van der Waals surface area contributed by atoms with Crippen molar-refractivity contribution in [2.75, 3.05) is 47.4 Å². The van der Waals surface area contributed by atoms with Gasteiger partial charge >= 0.3 is 0 Å². The molecular weight excluding hydrogens is 446 g/mol. The second-order valence-electron chi connectivity index (χ2n) is 8.86. The third-order valence-corrected chi connectivity index (χ3v) is 7.44. The number of amides is 1. The van der Waals surface area contributed by atoms with Crippen LogP contribution in [-0.2, 0) is 14.8 Å². The largest absolute Gasteiger partial charge is 0.487 e. The smallest absolute Gasteiger partial charge is 0.247 e. The van der Waals surface area contributed by atoms with Crippen LogP contribution in [0.2, 0.25) is 0 Å². The van der Waals surface area contributed by atoms with Crippen LogP contribution in [0.1, 0.15) is 26.3 Å². The van der Waals surface area contributed by atoms with Crippen LogP contribution in [0.4, 0.5) is 0 Å². The van der Waals surface area contributed by atoms with E-state index in [0.29, 0.717) is 5.56 Å². The summed E-state index contributed by atoms with van der Waals surface area (Å²) in [6, 6.07) is 3.90. The Balaban J connectivity index is 2.53. The van der Waals surface area contributed by atoms with Gasteiger partial charge in [-0.2, -0.15) is 4.31 Å². The summed E-state index contributed by atoms with van der Waals surface area (Å²) in [6.07, 6.45) is -1.33. The molecule has 2 N–H and O–H groups in total. The van der Waals surface area contributed by atoms with Crippen LogP contribution >= 0.6 is 0 Å². The molecule has 2 rings (SSSR count). The first-order valence-electron chi connectivity index (χ1n) is 10.9. The van der Waals surface area contributed by atoms with Crippen molar-refractivity contribution in [3.63, 3.8) is 0 Å². The van der Waals surface area contributed by atoms with E-state index >= 15 is 0 Å². The Morgan fingerprint density at radius 3 is 2.55 bits per heavy atom. The molecule has 9 nitrogen and oxygen atoms in total. The summed E-state index contributed by atoms with van der Waals surface area (Å²) in [5, 5.41) is 19.2. The number of sulfonamides is 1. The van der Waals surface area contributed by atoms with Crippen molar-refractivity contribution in [3.05, 3.63) is 23.8 Å². The van der Waals surface area contributed by atoms with Gasteiger partial charge in [0, 0.05) is 31.1 Å². The molecule has 1 aromatic carbocycles. The number of hydrogen-bond acceptors (Lipinski definition) is 7. The number of likely N-dealkylation sites (N-methyl/N-ethyl adjacent to an activating group) is 2. The van der Waals surface area contributed by atoms with Gasteiger partial charge in [0.2, 0.25) is 15.9 Å². The third kappa shape index (κ3) is 6.91. The zero-order valence-electron chi connectivity index (χ0n) is 20.1. The van der Waals surface area contributed by atoms with Gasteiger partial charge in [-0.25, -0.2) is 8.42 Å². The highest BCUT2D eigenvalue weighted by Crippen LogP contribution is 2.34. The van der Waals surface area contributed by atoms with Gasteiger partial charge in [-0.15, -0.1) is 0 Å². The molecule has 1 aliphatic rings. The Bertz CT molecular complexity index is 999. The highest BCUT2D eigenvalue weighted by Gasteiger charge is 2.38. The van der Waals surface area contributed by atoms with E-state index in [1.54, 1.807) is 29.8 Å². The normalized spacial score (nSPS) is 22.1. The van der Waals surface area contributed by atoms with Crippen LogP contribution in [0.15, 0.2) is 23.1 Å². The second-order valence-corrected chi connectivity index (χ2v) is 10.7. The lowest BCUT2D eigenvalue weighted by Crippen LogP contribution is -2.50. The van der Waals surface area contributed by atoms with Crippen LogP contribution in [-0.4, -0.2) is 104 Å². The van der Waals surface area contributed by atoms with E-state index < -0.39 is 28.3 Å². The fraction of sp³-hybridized carbons (Fsp3) is 0.609. The van der Waals surface area contributed by atoms with Crippen molar-refractivity contribution in [2.24, 2.45) is 5.92 Å². The van der Waals surface area contributed by atoms with Gasteiger partial charge in [0.25, 0.3) is 0 Å². The van der Waals surface area contributed by atoms with Gasteiger partial charge < -0.3 is 24.7 Å². The van der Waals surface area contributed by atoms with Crippen LogP contribution in [0.5, 0.6) is 5.75 Å². The van der Waals surface area contributed by atoms with E-state index in [-0.39, 0.29) is 48.7 Å². The quantitative estimate of drug-likeness (QED) is 0.559. The molecular formula is C23H35N3O6S. The standard InChI is InChI=1S/C23H35N3O6S/c1-16-12-26(17(2)15-27)33(30,31)22-10-9-19(8-7-18(3)28)11-20(22)32-21(16)13-25(6)23(29)14-24(4)5/h9-11,16-18,21,27-28H,12-15H2,1-6H3/t16-,17-,18-,21-/m0/s1. The van der Waals surface area contributed by atoms with E-state index in [1.807, 2.05) is 21.0 Å². The minimum Gasteiger partial charge on any atom is -0.487 e. The number of hydrogen-bond donors (Lipinski definition) is 2. The number of fused-ring (bicyclic) bond motifs is 1. The average Bonchev–Trinajstić information content (AvgIpc) is 2.73. The van der Waals surface area contributed by atoms with Crippen LogP contribution < -0.4 is 4.74 Å². The molecule has 184 valence electrons. The fourth-order valence-corrected chi connectivity index (χ4v) is 5.30. The molecule has 4 atom stereocenters. The van der Waals surface area contributed by atoms with Crippen molar-refractivity contribution in [3.8, 4) is 17.6 Å². The van der Waals surface area contributed by atoms with Crippen LogP contribution in [0.25, 0.3) is 0 Å². The predicted molar refractivity (Wildman–Crippen MR) is 125 cm³/mol. The molecule has 0 saturated heterocycles. The van der Waals surface area contributed by atoms with Crippen LogP contribution in [0, 0.1) is 17.8 Å². The topological polar surface area (TPSA) is 111 Å². The lowest BCUT2D eigenvalue weighted by atomic mass is 10.0. The van der Waals surface area contributed by atoms with E-state index in [2.05, 4.69) is 11.8 Å². The van der Waals surface area contributed by atoms with Gasteiger partial charge in [0.05, 0.1) is 19.7 Å². The van der Waals surface area contributed by atoms with Crippen molar-refractivity contribution in [1.29, 1.82) is 0 Å². The number of carbonyl (C=O) groups is 1. The third-order valence-electron chi connectivity index (χ3n) is 5.42. The number of rotatable bonds is 6. The van der Waals surface area contributed by atoms with Gasteiger partial charge in [-0.05, 0) is 46.1 Å². The maximum absolute atomic E-state index is 13.4. The molecule has 1 aliphatic heterocycles. The molecule has 10 heteroatoms. The molecule has 0 aromatic heterocycles. The molecule has 0 fully saturated rings. The van der Waals surface area contributed by atoms with E-state index in [1.165, 1.54) is 23.4 Å². The summed E-state index contributed by atoms with van der Waals surface area (Å²) in [4.78, 5) is 15.8. The lowest BCUT2D eigenvalue weighted by Gasteiger charge is -2.37. The average molecular weight is 482 g/mol. The highest BCUT2D eigenvalue weighted by atomic mass is 32.2. The Hall–Kier alpha value is -2.16. The summed E-state index contributed by atoms with van der Waals surface area (Å²) in [5.41, 5.74) is 0.496. The summed E-state index contributed by atoms with van der Waals surface area (Å²) < 4.78 is 34.4. The number of benzene rings is 1. The van der Waals surface area contributed by atoms with E-state index in [0.717, 1.165) is 0 Å². The second kappa shape index (κ2) is 11.3. The van der Waals surface area contributed by atoms with E-state index in [4.69, 9.17) is 4.74 Å². The number of aliphatic hydroxyl groups is 2. The zero-order valence-corrected chi connectivity index (χ0v) is 21.0. The monoisotopic (exact) mass is 481 g/mol. The maximum Gasteiger partial charge on any atom is 0.247 e. The molecule has 0 aliphatic carbocycles. The highest BCUT2D eigenvalue weighted by molar-refractivity contribution is 7.89. The van der Waals surface area contributed by atoms with Crippen LogP contribution in [0.3, 0.4) is 0 Å². The van der Waals surface area contributed by atoms with Gasteiger partial charge in [0.1, 0.15) is 22.9 Å². The molecule has 0 bridgehead atoms. The first-order chi connectivity index (χ1) is 15.4. The lowest BCUT2D eigenvalue weighted by molar-refractivity contribution is -0.132. The van der Waals surface area contributed by atoms with Crippen molar-refractivity contribution in [1.82, 2.24) is 14.1 Å². The SMILES string of the molecule is C[C@H](O)C#Cc1ccc2c(c1)O[C@@H](CN(C)C(=O)CN(C)C)[C@@H](C)CN([C@@H](C)CO)S2(=O)=O. The Morgan fingerprint density at radius 1 is 1.30 bits per heavy atom. The first-order valence-corrected chi connectivity index (χ1v) is 12.3. The van der Waals surface area contributed by atoms with Gasteiger partial charge in [-0.1, -0.05) is 18.8 Å². The predicted octanol–water partition coefficient (Wildman–Crippen LogP) is 0.208. The Kier molecular flexibility index (Phi) is 9.29. The molecule has 0 unspecified atom stereocenters. The Morgan fingerprint density at radius 2 is 1.97 bits per heavy atom. The Labute approximate surface area is 197 Å².